The summed E-state index contributed by atoms with van der Waals surface area (Å²) >= 11 is 0. The van der Waals surface area contributed by atoms with Gasteiger partial charge < -0.3 is 14.4 Å². The summed E-state index contributed by atoms with van der Waals surface area (Å²) in [5.41, 5.74) is 1.31. The van der Waals surface area contributed by atoms with Crippen molar-refractivity contribution in [3.05, 3.63) is 23.8 Å². The molecule has 0 saturated carbocycles. The molecule has 3 nitrogen and oxygen atoms in total. The molecule has 1 fully saturated rings. The third-order valence-electron chi connectivity index (χ3n) is 5.29. The third kappa shape index (κ3) is 3.80. The van der Waals surface area contributed by atoms with Gasteiger partial charge in [-0.3, -0.25) is 0 Å². The van der Waals surface area contributed by atoms with Crippen molar-refractivity contribution in [1.29, 1.82) is 0 Å². The van der Waals surface area contributed by atoms with Crippen molar-refractivity contribution in [3.8, 4) is 5.75 Å². The molecule has 1 N–H and O–H groups in total. The Bertz CT molecular complexity index is 596. The highest BCUT2D eigenvalue weighted by molar-refractivity contribution is 6.63. The van der Waals surface area contributed by atoms with E-state index in [4.69, 9.17) is 9.31 Å². The maximum atomic E-state index is 10.4. The lowest BCUT2D eigenvalue weighted by Gasteiger charge is -2.33. The number of aromatic hydroxyl groups is 1. The molecule has 0 aromatic heterocycles. The molecule has 0 spiro atoms. The van der Waals surface area contributed by atoms with Crippen molar-refractivity contribution in [2.24, 2.45) is 5.41 Å². The second kappa shape index (κ2) is 5.77. The minimum absolute atomic E-state index is 0.00431. The van der Waals surface area contributed by atoms with E-state index in [1.807, 2.05) is 39.8 Å². The minimum Gasteiger partial charge on any atom is -0.508 e. The van der Waals surface area contributed by atoms with Crippen molar-refractivity contribution in [2.75, 3.05) is 0 Å². The number of hydrogen-bond donors (Lipinski definition) is 1. The van der Waals surface area contributed by atoms with Crippen molar-refractivity contribution in [2.45, 2.75) is 85.4 Å². The molecule has 134 valence electrons. The summed E-state index contributed by atoms with van der Waals surface area (Å²) in [4.78, 5) is 0. The van der Waals surface area contributed by atoms with Crippen LogP contribution in [-0.4, -0.2) is 23.4 Å². The number of phenols is 1. The zero-order chi connectivity index (χ0) is 18.6. The van der Waals surface area contributed by atoms with Gasteiger partial charge in [-0.05, 0) is 56.6 Å². The molecule has 24 heavy (non-hydrogen) atoms. The van der Waals surface area contributed by atoms with Crippen LogP contribution in [0, 0.1) is 5.41 Å². The first-order chi connectivity index (χ1) is 10.6. The first-order valence-corrected chi connectivity index (χ1v) is 8.84. The zero-order valence-corrected chi connectivity index (χ0v) is 16.8. The molecular formula is C20H33BO3. The quantitative estimate of drug-likeness (QED) is 0.834. The molecule has 1 heterocycles. The fraction of sp³-hybridized carbons (Fsp3) is 0.700. The molecule has 0 aliphatic carbocycles. The first kappa shape index (κ1) is 19.3. The van der Waals surface area contributed by atoms with E-state index in [2.05, 4.69) is 34.6 Å². The van der Waals surface area contributed by atoms with Gasteiger partial charge in [0.2, 0.25) is 0 Å². The van der Waals surface area contributed by atoms with Gasteiger partial charge in [0, 0.05) is 5.46 Å². The largest absolute Gasteiger partial charge is 0.508 e. The molecule has 4 heteroatoms. The second-order valence-electron chi connectivity index (χ2n) is 9.98. The number of rotatable bonds is 3. The Labute approximate surface area is 147 Å². The van der Waals surface area contributed by atoms with Gasteiger partial charge in [-0.2, -0.15) is 0 Å². The van der Waals surface area contributed by atoms with Crippen LogP contribution in [0.5, 0.6) is 5.75 Å². The summed E-state index contributed by atoms with van der Waals surface area (Å²) in [6.07, 6.45) is 1.05. The van der Waals surface area contributed by atoms with Gasteiger partial charge in [0.15, 0.2) is 0 Å². The van der Waals surface area contributed by atoms with Crippen LogP contribution >= 0.6 is 0 Å². The number of phenolic OH excluding ortho intramolecular Hbond substituents is 1. The van der Waals surface area contributed by atoms with Crippen molar-refractivity contribution in [1.82, 2.24) is 0 Å². The van der Waals surface area contributed by atoms with Gasteiger partial charge in [-0.25, -0.2) is 0 Å². The van der Waals surface area contributed by atoms with Crippen LogP contribution in [0.3, 0.4) is 0 Å². The summed E-state index contributed by atoms with van der Waals surface area (Å²) in [6.45, 7) is 19.4. The first-order valence-electron chi connectivity index (χ1n) is 8.84. The molecule has 0 atom stereocenters. The Morgan fingerprint density at radius 2 is 1.46 bits per heavy atom. The average molecular weight is 332 g/mol. The van der Waals surface area contributed by atoms with E-state index in [-0.39, 0.29) is 16.6 Å². The highest BCUT2D eigenvalue weighted by Gasteiger charge is 2.52. The Hall–Kier alpha value is -0.995. The Morgan fingerprint density at radius 3 is 1.92 bits per heavy atom. The van der Waals surface area contributed by atoms with Gasteiger partial charge in [-0.15, -0.1) is 0 Å². The highest BCUT2D eigenvalue weighted by Crippen LogP contribution is 2.39. The Kier molecular flexibility index (Phi) is 4.65. The lowest BCUT2D eigenvalue weighted by molar-refractivity contribution is 0.00578. The van der Waals surface area contributed by atoms with E-state index in [9.17, 15) is 5.11 Å². The topological polar surface area (TPSA) is 38.7 Å². The lowest BCUT2D eigenvalue weighted by atomic mass is 9.69. The zero-order valence-electron chi connectivity index (χ0n) is 16.8. The highest BCUT2D eigenvalue weighted by atomic mass is 16.7. The standard InChI is InChI=1S/C20H33BO3/c1-17(2,3)13-18(4,5)14-10-11-16(22)15(12-14)21-23-19(6,7)20(8,9)24-21/h10-12,22H,13H2,1-9H3. The molecule has 0 bridgehead atoms. The summed E-state index contributed by atoms with van der Waals surface area (Å²) in [5.74, 6) is 0.226. The van der Waals surface area contributed by atoms with Gasteiger partial charge in [0.1, 0.15) is 5.75 Å². The van der Waals surface area contributed by atoms with Crippen molar-refractivity contribution in [3.63, 3.8) is 0 Å². The molecule has 2 rings (SSSR count). The lowest BCUT2D eigenvalue weighted by Crippen LogP contribution is -2.41. The molecule has 1 saturated heterocycles. The smallest absolute Gasteiger partial charge is 0.498 e. The number of benzene rings is 1. The molecule has 1 aromatic carbocycles. The van der Waals surface area contributed by atoms with E-state index in [1.54, 1.807) is 6.07 Å². The monoisotopic (exact) mass is 332 g/mol. The van der Waals surface area contributed by atoms with E-state index in [1.165, 1.54) is 5.56 Å². The summed E-state index contributed by atoms with van der Waals surface area (Å²) in [5, 5.41) is 10.4. The predicted octanol–water partition coefficient (Wildman–Crippen LogP) is 4.41. The summed E-state index contributed by atoms with van der Waals surface area (Å²) < 4.78 is 12.2. The third-order valence-corrected chi connectivity index (χ3v) is 5.29. The van der Waals surface area contributed by atoms with Gasteiger partial charge in [0.25, 0.3) is 0 Å². The molecule has 0 amide bonds. The van der Waals surface area contributed by atoms with Crippen LogP contribution in [0.25, 0.3) is 0 Å². The van der Waals surface area contributed by atoms with E-state index in [0.717, 1.165) is 6.42 Å². The molecule has 0 radical (unpaired) electrons. The molecule has 1 aliphatic rings. The second-order valence-corrected chi connectivity index (χ2v) is 9.98. The Morgan fingerprint density at radius 1 is 0.958 bits per heavy atom. The van der Waals surface area contributed by atoms with Crippen LogP contribution in [0.2, 0.25) is 0 Å². The van der Waals surface area contributed by atoms with Crippen LogP contribution < -0.4 is 5.46 Å². The van der Waals surface area contributed by atoms with Gasteiger partial charge in [-0.1, -0.05) is 46.8 Å². The van der Waals surface area contributed by atoms with Crippen molar-refractivity contribution >= 4 is 12.6 Å². The normalized spacial score (nSPS) is 20.5. The summed E-state index contributed by atoms with van der Waals surface area (Å²) in [6, 6.07) is 5.82. The molecule has 0 unspecified atom stereocenters. The van der Waals surface area contributed by atoms with E-state index in [0.29, 0.717) is 5.46 Å². The fourth-order valence-corrected chi connectivity index (χ4v) is 3.56. The Balaban J connectivity index is 2.37. The van der Waals surface area contributed by atoms with E-state index >= 15 is 0 Å². The molecule has 1 aliphatic heterocycles. The minimum atomic E-state index is -0.541. The SMILES string of the molecule is CC(C)(C)CC(C)(C)c1ccc(O)c(B2OC(C)(C)C(C)(C)O2)c1. The summed E-state index contributed by atoms with van der Waals surface area (Å²) in [7, 11) is -0.541. The maximum absolute atomic E-state index is 10.4. The predicted molar refractivity (Wildman–Crippen MR) is 101 cm³/mol. The van der Waals surface area contributed by atoms with Crippen molar-refractivity contribution < 1.29 is 14.4 Å². The van der Waals surface area contributed by atoms with Gasteiger partial charge >= 0.3 is 7.12 Å². The molecular weight excluding hydrogens is 299 g/mol. The average Bonchev–Trinajstić information content (AvgIpc) is 2.55. The van der Waals surface area contributed by atoms with Crippen LogP contribution in [0.4, 0.5) is 0 Å². The molecule has 1 aromatic rings. The van der Waals surface area contributed by atoms with Gasteiger partial charge in [0.05, 0.1) is 11.2 Å². The maximum Gasteiger partial charge on any atom is 0.498 e. The fourth-order valence-electron chi connectivity index (χ4n) is 3.56. The van der Waals surface area contributed by atoms with Crippen LogP contribution in [-0.2, 0) is 14.7 Å². The van der Waals surface area contributed by atoms with Crippen LogP contribution in [0.1, 0.15) is 74.3 Å². The van der Waals surface area contributed by atoms with Crippen LogP contribution in [0.15, 0.2) is 18.2 Å². The number of hydrogen-bond acceptors (Lipinski definition) is 3. The van der Waals surface area contributed by atoms with E-state index < -0.39 is 18.3 Å².